The van der Waals surface area contributed by atoms with Crippen LogP contribution in [0.4, 0.5) is 4.79 Å². The van der Waals surface area contributed by atoms with Crippen molar-refractivity contribution in [3.8, 4) is 0 Å². The molecular weight excluding hydrogens is 338 g/mol. The maximum atomic E-state index is 12.7. The van der Waals surface area contributed by atoms with Gasteiger partial charge in [-0.3, -0.25) is 9.63 Å². The summed E-state index contributed by atoms with van der Waals surface area (Å²) in [6.07, 6.45) is 2.24. The molecule has 3 heterocycles. The third-order valence-corrected chi connectivity index (χ3v) is 5.04. The Morgan fingerprint density at radius 3 is 2.69 bits per heavy atom. The van der Waals surface area contributed by atoms with E-state index in [-0.39, 0.29) is 18.0 Å². The first-order valence-electron chi connectivity index (χ1n) is 8.92. The molecule has 8 heteroatoms. The Hall–Kier alpha value is -2.61. The van der Waals surface area contributed by atoms with E-state index in [1.54, 1.807) is 0 Å². The van der Waals surface area contributed by atoms with E-state index in [0.717, 1.165) is 10.6 Å². The monoisotopic (exact) mass is 359 g/mol. The summed E-state index contributed by atoms with van der Waals surface area (Å²) in [4.78, 5) is 49.2. The second-order valence-electron chi connectivity index (χ2n) is 6.78. The van der Waals surface area contributed by atoms with Crippen molar-refractivity contribution >= 4 is 17.9 Å². The smallest absolute Gasteiger partial charge is 0.336 e. The normalized spacial score (nSPS) is 25.2. The zero-order valence-electron chi connectivity index (χ0n) is 14.4. The zero-order chi connectivity index (χ0) is 18.1. The summed E-state index contributed by atoms with van der Waals surface area (Å²) in [5, 5.41) is 2.49. The molecule has 0 unspecified atom stereocenters. The second-order valence-corrected chi connectivity index (χ2v) is 6.78. The molecule has 3 amide bonds. The van der Waals surface area contributed by atoms with Crippen molar-refractivity contribution in [2.75, 3.05) is 13.1 Å². The molecule has 0 aromatic heterocycles. The summed E-state index contributed by atoms with van der Waals surface area (Å²) in [6, 6.07) is 8.56. The molecule has 3 aliphatic rings. The van der Waals surface area contributed by atoms with E-state index in [1.165, 1.54) is 9.96 Å². The second kappa shape index (κ2) is 6.95. The van der Waals surface area contributed by atoms with E-state index < -0.39 is 12.0 Å². The van der Waals surface area contributed by atoms with Gasteiger partial charge < -0.3 is 9.74 Å². The van der Waals surface area contributed by atoms with Crippen LogP contribution in [-0.2, 0) is 25.9 Å². The standard InChI is InChI=1S/C18H21N3O5/c22-16-7-4-10-20(16)26-17(23)15-9-8-14-11-19(15)18(24)21(14)25-12-13-5-2-1-3-6-13/h1-3,5-6,14-15H,4,7-12H2/t14-,15-/m0/s1. The average Bonchev–Trinajstić information content (AvgIpc) is 3.16. The number of carbonyl (C=O) groups is 3. The third-order valence-electron chi connectivity index (χ3n) is 5.04. The van der Waals surface area contributed by atoms with Gasteiger partial charge in [-0.15, -0.1) is 0 Å². The Bertz CT molecular complexity index is 710. The Labute approximate surface area is 151 Å². The maximum absolute atomic E-state index is 12.7. The van der Waals surface area contributed by atoms with Gasteiger partial charge in [0.25, 0.3) is 5.91 Å². The summed E-state index contributed by atoms with van der Waals surface area (Å²) in [7, 11) is 0. The molecular formula is C18H21N3O5. The van der Waals surface area contributed by atoms with E-state index in [9.17, 15) is 14.4 Å². The molecule has 0 N–H and O–H groups in total. The van der Waals surface area contributed by atoms with Crippen molar-refractivity contribution in [3.05, 3.63) is 35.9 Å². The Kier molecular flexibility index (Phi) is 4.50. The van der Waals surface area contributed by atoms with Crippen LogP contribution in [0.15, 0.2) is 30.3 Å². The van der Waals surface area contributed by atoms with E-state index in [0.29, 0.717) is 45.4 Å². The highest BCUT2D eigenvalue weighted by atomic mass is 16.7. The van der Waals surface area contributed by atoms with Crippen LogP contribution in [0.3, 0.4) is 0 Å². The van der Waals surface area contributed by atoms with Crippen molar-refractivity contribution in [2.45, 2.75) is 44.4 Å². The molecule has 3 saturated heterocycles. The lowest BCUT2D eigenvalue weighted by Crippen LogP contribution is -2.47. The summed E-state index contributed by atoms with van der Waals surface area (Å²) in [6.45, 7) is 1.15. The molecule has 8 nitrogen and oxygen atoms in total. The summed E-state index contributed by atoms with van der Waals surface area (Å²) < 4.78 is 0. The van der Waals surface area contributed by atoms with Crippen LogP contribution in [-0.4, -0.2) is 58.1 Å². The number of hydroxylamine groups is 4. The van der Waals surface area contributed by atoms with E-state index >= 15 is 0 Å². The SMILES string of the molecule is O=C(ON1CCCC1=O)[C@@H]1CC[C@H]2CN1C(=O)N2OCc1ccccc1. The van der Waals surface area contributed by atoms with Gasteiger partial charge in [-0.1, -0.05) is 30.3 Å². The molecule has 2 atom stereocenters. The number of hydrogen-bond acceptors (Lipinski definition) is 5. The van der Waals surface area contributed by atoms with Gasteiger partial charge in [0.15, 0.2) is 0 Å². The average molecular weight is 359 g/mol. The number of urea groups is 1. The molecule has 1 aromatic carbocycles. The topological polar surface area (TPSA) is 79.4 Å². The number of fused-ring (bicyclic) bond motifs is 2. The Morgan fingerprint density at radius 1 is 1.15 bits per heavy atom. The van der Waals surface area contributed by atoms with E-state index in [2.05, 4.69) is 0 Å². The molecule has 3 fully saturated rings. The van der Waals surface area contributed by atoms with Crippen molar-refractivity contribution in [1.82, 2.24) is 15.0 Å². The summed E-state index contributed by atoms with van der Waals surface area (Å²) >= 11 is 0. The first-order valence-corrected chi connectivity index (χ1v) is 8.92. The molecule has 4 rings (SSSR count). The van der Waals surface area contributed by atoms with Crippen molar-refractivity contribution in [2.24, 2.45) is 0 Å². The highest BCUT2D eigenvalue weighted by Gasteiger charge is 2.49. The summed E-state index contributed by atoms with van der Waals surface area (Å²) in [5.41, 5.74) is 0.972. The minimum Gasteiger partial charge on any atom is -0.336 e. The van der Waals surface area contributed by atoms with Crippen LogP contribution < -0.4 is 0 Å². The molecule has 138 valence electrons. The van der Waals surface area contributed by atoms with Crippen LogP contribution in [0.2, 0.25) is 0 Å². The fraction of sp³-hybridized carbons (Fsp3) is 0.500. The molecule has 26 heavy (non-hydrogen) atoms. The number of amides is 3. The van der Waals surface area contributed by atoms with E-state index in [4.69, 9.17) is 9.68 Å². The lowest BCUT2D eigenvalue weighted by Gasteiger charge is -2.29. The molecule has 0 saturated carbocycles. The number of piperidine rings is 1. The lowest BCUT2D eigenvalue weighted by atomic mass is 10.0. The highest BCUT2D eigenvalue weighted by Crippen LogP contribution is 2.31. The van der Waals surface area contributed by atoms with Gasteiger partial charge in [0.05, 0.1) is 12.6 Å². The van der Waals surface area contributed by atoms with Crippen LogP contribution >= 0.6 is 0 Å². The molecule has 0 radical (unpaired) electrons. The number of hydrogen-bond donors (Lipinski definition) is 0. The molecule has 1 aromatic rings. The number of benzene rings is 1. The van der Waals surface area contributed by atoms with Crippen LogP contribution in [0, 0.1) is 0 Å². The molecule has 0 spiro atoms. The van der Waals surface area contributed by atoms with Gasteiger partial charge >= 0.3 is 12.0 Å². The predicted molar refractivity (Wildman–Crippen MR) is 89.0 cm³/mol. The third kappa shape index (κ3) is 3.12. The van der Waals surface area contributed by atoms with Gasteiger partial charge in [0.1, 0.15) is 12.6 Å². The fourth-order valence-electron chi connectivity index (χ4n) is 3.65. The van der Waals surface area contributed by atoms with Gasteiger partial charge in [0, 0.05) is 13.0 Å². The Balaban J connectivity index is 1.38. The minimum absolute atomic E-state index is 0.0660. The predicted octanol–water partition coefficient (Wildman–Crippen LogP) is 1.47. The first-order chi connectivity index (χ1) is 12.6. The highest BCUT2D eigenvalue weighted by molar-refractivity contribution is 5.86. The zero-order valence-corrected chi connectivity index (χ0v) is 14.4. The van der Waals surface area contributed by atoms with Gasteiger partial charge in [0.2, 0.25) is 0 Å². The number of rotatable bonds is 5. The number of nitrogens with zero attached hydrogens (tertiary/aromatic N) is 3. The number of carbonyl (C=O) groups excluding carboxylic acids is 3. The maximum Gasteiger partial charge on any atom is 0.354 e. The minimum atomic E-state index is -0.669. The molecule has 0 aliphatic carbocycles. The van der Waals surface area contributed by atoms with Crippen LogP contribution in [0.1, 0.15) is 31.2 Å². The van der Waals surface area contributed by atoms with Crippen molar-refractivity contribution in [1.29, 1.82) is 0 Å². The van der Waals surface area contributed by atoms with Crippen molar-refractivity contribution < 1.29 is 24.1 Å². The lowest BCUT2D eigenvalue weighted by molar-refractivity contribution is -0.197. The molecule has 3 aliphatic heterocycles. The van der Waals surface area contributed by atoms with Gasteiger partial charge in [-0.05, 0) is 24.8 Å². The van der Waals surface area contributed by atoms with Crippen LogP contribution in [0.5, 0.6) is 0 Å². The van der Waals surface area contributed by atoms with Crippen LogP contribution in [0.25, 0.3) is 0 Å². The first kappa shape index (κ1) is 16.8. The van der Waals surface area contributed by atoms with Gasteiger partial charge in [-0.2, -0.15) is 10.1 Å². The van der Waals surface area contributed by atoms with Crippen molar-refractivity contribution in [3.63, 3.8) is 0 Å². The molecule has 2 bridgehead atoms. The van der Waals surface area contributed by atoms with E-state index in [1.807, 2.05) is 30.3 Å². The largest absolute Gasteiger partial charge is 0.354 e. The van der Waals surface area contributed by atoms with Gasteiger partial charge in [-0.25, -0.2) is 9.59 Å². The summed E-state index contributed by atoms with van der Waals surface area (Å²) in [5.74, 6) is -0.732. The fourth-order valence-corrected chi connectivity index (χ4v) is 3.65. The Morgan fingerprint density at radius 2 is 1.96 bits per heavy atom. The quantitative estimate of drug-likeness (QED) is 0.795.